The monoisotopic (exact) mass is 314 g/mol. The molecule has 0 aliphatic carbocycles. The first-order valence-corrected chi connectivity index (χ1v) is 6.56. The van der Waals surface area contributed by atoms with Gasteiger partial charge in [-0.15, -0.1) is 12.4 Å². The Morgan fingerprint density at radius 1 is 1.38 bits per heavy atom. The lowest BCUT2D eigenvalue weighted by Crippen LogP contribution is -2.43. The summed E-state index contributed by atoms with van der Waals surface area (Å²) in [5.74, 6) is -0.439. The van der Waals surface area contributed by atoms with E-state index < -0.39 is 24.2 Å². The number of halogens is 1. The number of hydrogen-bond acceptors (Lipinski definition) is 5. The van der Waals surface area contributed by atoms with Crippen molar-refractivity contribution in [2.45, 2.75) is 31.6 Å². The van der Waals surface area contributed by atoms with Crippen molar-refractivity contribution in [3.05, 3.63) is 29.8 Å². The number of benzene rings is 1. The maximum atomic E-state index is 12.0. The highest BCUT2D eigenvalue weighted by Gasteiger charge is 2.37. The third kappa shape index (κ3) is 4.01. The fraction of sp³-hybridized carbons (Fsp3) is 0.429. The lowest BCUT2D eigenvalue weighted by molar-refractivity contribution is -0.120. The second-order valence-electron chi connectivity index (χ2n) is 4.79. The van der Waals surface area contributed by atoms with Gasteiger partial charge in [-0.05, 0) is 12.1 Å². The Labute approximate surface area is 129 Å². The number of nitrogens with one attached hydrogen (secondary N) is 2. The van der Waals surface area contributed by atoms with Crippen LogP contribution in [0.1, 0.15) is 23.7 Å². The van der Waals surface area contributed by atoms with Crippen LogP contribution < -0.4 is 10.6 Å². The number of aliphatic hydroxyl groups is 2. The molecule has 1 aromatic rings. The maximum absolute atomic E-state index is 12.0. The smallest absolute Gasteiger partial charge is 0.244 e. The summed E-state index contributed by atoms with van der Waals surface area (Å²) in [7, 11) is 0. The molecular formula is C14H19ClN2O4. The second kappa shape index (κ2) is 7.51. The molecule has 1 saturated heterocycles. The van der Waals surface area contributed by atoms with E-state index in [9.17, 15) is 19.8 Å². The van der Waals surface area contributed by atoms with Gasteiger partial charge in [0.2, 0.25) is 5.91 Å². The molecule has 21 heavy (non-hydrogen) atoms. The van der Waals surface area contributed by atoms with Crippen LogP contribution in [0.15, 0.2) is 24.3 Å². The molecule has 3 atom stereocenters. The summed E-state index contributed by atoms with van der Waals surface area (Å²) < 4.78 is 0. The first kappa shape index (κ1) is 17.6. The van der Waals surface area contributed by atoms with Crippen LogP contribution in [0, 0.1) is 0 Å². The Morgan fingerprint density at radius 3 is 2.67 bits per heavy atom. The van der Waals surface area contributed by atoms with Crippen LogP contribution in [0.4, 0.5) is 5.69 Å². The van der Waals surface area contributed by atoms with E-state index in [1.54, 1.807) is 31.2 Å². The normalized spacial score (nSPS) is 24.2. The first-order valence-electron chi connectivity index (χ1n) is 6.56. The molecule has 0 bridgehead atoms. The number of rotatable bonds is 4. The predicted octanol–water partition coefficient (Wildman–Crippen LogP) is 0.333. The summed E-state index contributed by atoms with van der Waals surface area (Å²) in [6.45, 7) is 1.95. The van der Waals surface area contributed by atoms with E-state index in [0.717, 1.165) is 0 Å². The molecular weight excluding hydrogens is 296 g/mol. The molecule has 0 saturated carbocycles. The summed E-state index contributed by atoms with van der Waals surface area (Å²) in [6.07, 6.45) is -1.68. The molecule has 1 aromatic carbocycles. The maximum Gasteiger partial charge on any atom is 0.244 e. The number of Topliss-reactive ketones (excluding diaryl/α,β-unsaturated/α-hetero) is 1. The minimum absolute atomic E-state index is 0. The molecule has 2 rings (SSSR count). The van der Waals surface area contributed by atoms with Gasteiger partial charge in [0.1, 0.15) is 12.1 Å². The highest BCUT2D eigenvalue weighted by atomic mass is 35.5. The van der Waals surface area contributed by atoms with E-state index >= 15 is 0 Å². The molecule has 116 valence electrons. The molecule has 0 radical (unpaired) electrons. The van der Waals surface area contributed by atoms with Crippen molar-refractivity contribution in [1.82, 2.24) is 5.32 Å². The van der Waals surface area contributed by atoms with Crippen molar-refractivity contribution < 1.29 is 19.8 Å². The molecule has 1 heterocycles. The molecule has 0 spiro atoms. The van der Waals surface area contributed by atoms with Crippen molar-refractivity contribution in [2.24, 2.45) is 0 Å². The van der Waals surface area contributed by atoms with Gasteiger partial charge in [0.15, 0.2) is 5.78 Å². The van der Waals surface area contributed by atoms with Gasteiger partial charge in [-0.3, -0.25) is 9.59 Å². The highest BCUT2D eigenvalue weighted by molar-refractivity contribution is 5.99. The van der Waals surface area contributed by atoms with Crippen molar-refractivity contribution >= 4 is 29.8 Å². The van der Waals surface area contributed by atoms with E-state index in [2.05, 4.69) is 10.6 Å². The molecule has 0 unspecified atom stereocenters. The number of aliphatic hydroxyl groups excluding tert-OH is 2. The molecule has 1 aliphatic rings. The Balaban J connectivity index is 0.00000220. The van der Waals surface area contributed by atoms with Gasteiger partial charge in [-0.2, -0.15) is 0 Å². The summed E-state index contributed by atoms with van der Waals surface area (Å²) in [4.78, 5) is 23.6. The van der Waals surface area contributed by atoms with Crippen LogP contribution in [-0.4, -0.2) is 46.7 Å². The number of carbonyl (C=O) groups is 2. The van der Waals surface area contributed by atoms with Gasteiger partial charge in [0.05, 0.1) is 6.10 Å². The van der Waals surface area contributed by atoms with Crippen LogP contribution in [0.2, 0.25) is 0 Å². The molecule has 1 aliphatic heterocycles. The van der Waals surface area contributed by atoms with Gasteiger partial charge in [0.25, 0.3) is 0 Å². The fourth-order valence-electron chi connectivity index (χ4n) is 2.15. The van der Waals surface area contributed by atoms with E-state index in [0.29, 0.717) is 17.7 Å². The Bertz CT molecular complexity index is 523. The number of hydrogen-bond donors (Lipinski definition) is 4. The van der Waals surface area contributed by atoms with Crippen LogP contribution in [0.25, 0.3) is 0 Å². The number of carbonyl (C=O) groups excluding carboxylic acids is 2. The SMILES string of the molecule is CCC(=O)c1cccc(NC(=O)[C@@H]2NC[C@@H](O)[C@H]2O)c1.Cl. The van der Waals surface area contributed by atoms with Gasteiger partial charge >= 0.3 is 0 Å². The Kier molecular flexibility index (Phi) is 6.29. The average molecular weight is 315 g/mol. The summed E-state index contributed by atoms with van der Waals surface area (Å²) >= 11 is 0. The van der Waals surface area contributed by atoms with Crippen molar-refractivity contribution in [1.29, 1.82) is 0 Å². The largest absolute Gasteiger partial charge is 0.389 e. The quantitative estimate of drug-likeness (QED) is 0.601. The number of ketones is 1. The summed E-state index contributed by atoms with van der Waals surface area (Å²) in [5.41, 5.74) is 1.02. The van der Waals surface area contributed by atoms with Crippen molar-refractivity contribution in [3.63, 3.8) is 0 Å². The number of anilines is 1. The van der Waals surface area contributed by atoms with Crippen molar-refractivity contribution in [2.75, 3.05) is 11.9 Å². The zero-order valence-corrected chi connectivity index (χ0v) is 12.4. The number of amides is 1. The van der Waals surface area contributed by atoms with Gasteiger partial charge < -0.3 is 20.8 Å². The van der Waals surface area contributed by atoms with Gasteiger partial charge in [0, 0.05) is 24.2 Å². The Hall–Kier alpha value is -1.47. The van der Waals surface area contributed by atoms with E-state index in [4.69, 9.17) is 0 Å². The van der Waals surface area contributed by atoms with Crippen LogP contribution in [-0.2, 0) is 4.79 Å². The lowest BCUT2D eigenvalue weighted by Gasteiger charge is -2.16. The van der Waals surface area contributed by atoms with Gasteiger partial charge in [-0.1, -0.05) is 19.1 Å². The zero-order valence-electron chi connectivity index (χ0n) is 11.6. The summed E-state index contributed by atoms with van der Waals surface area (Å²) in [5, 5.41) is 24.4. The lowest BCUT2D eigenvalue weighted by atomic mass is 10.1. The molecule has 6 nitrogen and oxygen atoms in total. The van der Waals surface area contributed by atoms with E-state index in [1.165, 1.54) is 0 Å². The van der Waals surface area contributed by atoms with E-state index in [1.807, 2.05) is 0 Å². The fourth-order valence-corrected chi connectivity index (χ4v) is 2.15. The first-order chi connectivity index (χ1) is 9.52. The minimum atomic E-state index is -1.13. The zero-order chi connectivity index (χ0) is 14.7. The molecule has 1 fully saturated rings. The van der Waals surface area contributed by atoms with E-state index in [-0.39, 0.29) is 24.7 Å². The molecule has 1 amide bonds. The molecule has 7 heteroatoms. The summed E-state index contributed by atoms with van der Waals surface area (Å²) in [6, 6.07) is 5.79. The molecule has 0 aromatic heterocycles. The molecule has 4 N–H and O–H groups in total. The minimum Gasteiger partial charge on any atom is -0.389 e. The number of β-amino-alcohol motifs (C(OH)–C–C–N with tert-alkyl or cyclic N) is 1. The van der Waals surface area contributed by atoms with Gasteiger partial charge in [-0.25, -0.2) is 0 Å². The topological polar surface area (TPSA) is 98.7 Å². The van der Waals surface area contributed by atoms with Crippen LogP contribution in [0.3, 0.4) is 0 Å². The Morgan fingerprint density at radius 2 is 2.10 bits per heavy atom. The van der Waals surface area contributed by atoms with Crippen LogP contribution >= 0.6 is 12.4 Å². The standard InChI is InChI=1S/C14H18N2O4.ClH/c1-2-10(17)8-4-3-5-9(6-8)16-14(20)12-13(19)11(18)7-15-12;/h3-6,11-13,15,18-19H,2,7H2,1H3,(H,16,20);1H/t11-,12-,13-;/m1./s1. The highest BCUT2D eigenvalue weighted by Crippen LogP contribution is 2.15. The van der Waals surface area contributed by atoms with Crippen LogP contribution in [0.5, 0.6) is 0 Å². The third-order valence-corrected chi connectivity index (χ3v) is 3.34. The average Bonchev–Trinajstić information content (AvgIpc) is 2.78. The predicted molar refractivity (Wildman–Crippen MR) is 80.7 cm³/mol. The third-order valence-electron chi connectivity index (χ3n) is 3.34. The second-order valence-corrected chi connectivity index (χ2v) is 4.79. The van der Waals surface area contributed by atoms with Crippen molar-refractivity contribution in [3.8, 4) is 0 Å².